The first-order valence-corrected chi connectivity index (χ1v) is 29.2. The van der Waals surface area contributed by atoms with Gasteiger partial charge in [0.05, 0.1) is 0 Å². The Morgan fingerprint density at radius 3 is 1.07 bits per heavy atom. The Balaban J connectivity index is 0.00000700. The van der Waals surface area contributed by atoms with Gasteiger partial charge in [-0.25, -0.2) is 0 Å². The fraction of sp³-hybridized carbons (Fsp3) is 0.0241. The Kier molecular flexibility index (Phi) is 16.3. The van der Waals surface area contributed by atoms with Crippen molar-refractivity contribution in [2.75, 3.05) is 0 Å². The van der Waals surface area contributed by atoms with E-state index in [4.69, 9.17) is 15.0 Å². The molecule has 0 aliphatic carbocycles. The molecule has 0 bridgehead atoms. The van der Waals surface area contributed by atoms with Crippen LogP contribution in [-0.4, -0.2) is 15.0 Å². The van der Waals surface area contributed by atoms with Gasteiger partial charge in [0.15, 0.2) is 0 Å². The Hall–Kier alpha value is -10.5. The molecule has 0 unspecified atom stereocenters. The molecule has 412 valence electrons. The van der Waals surface area contributed by atoms with E-state index in [2.05, 4.69) is 274 Å². The van der Waals surface area contributed by atoms with Crippen LogP contribution in [0.25, 0.3) is 134 Å². The first kappa shape index (κ1) is 55.7. The Morgan fingerprint density at radius 1 is 0.276 bits per heavy atom. The average molecular weight is 1290 g/mol. The Labute approximate surface area is 523 Å². The van der Waals surface area contributed by atoms with Crippen LogP contribution >= 0.6 is 0 Å². The zero-order valence-electron chi connectivity index (χ0n) is 47.8. The van der Waals surface area contributed by atoms with Gasteiger partial charge in [0.1, 0.15) is 0 Å². The minimum Gasteiger partial charge on any atom is -0.305 e. The SMILES string of the molecule is Cc1cc(-c2[c-]cc(-c3ccccc3-c3cc(Cc4ccccc4-c4c[c-]c(-c5ccccn5)cc4-c4ccccc4)cc(-c4ccccc4-c4c[c-]c(-c5ccccn5)cc4-c4ccccc4)c3)c(-c3ccccc3)c2)ncc1-c1ccccc1.[Ir+3]. The molecule has 0 fully saturated rings. The summed E-state index contributed by atoms with van der Waals surface area (Å²) >= 11 is 0. The van der Waals surface area contributed by atoms with Crippen LogP contribution in [0.5, 0.6) is 0 Å². The molecule has 0 saturated heterocycles. The van der Waals surface area contributed by atoms with E-state index in [0.717, 1.165) is 139 Å². The molecule has 3 heterocycles. The smallest absolute Gasteiger partial charge is 0.305 e. The van der Waals surface area contributed by atoms with Gasteiger partial charge in [0.25, 0.3) is 0 Å². The maximum absolute atomic E-state index is 5.06. The summed E-state index contributed by atoms with van der Waals surface area (Å²) < 4.78 is 0. The molecular formula is C83H56IrN3. The largest absolute Gasteiger partial charge is 3.00 e. The van der Waals surface area contributed by atoms with Crippen LogP contribution in [0.2, 0.25) is 0 Å². The summed E-state index contributed by atoms with van der Waals surface area (Å²) in [6.45, 7) is 2.16. The van der Waals surface area contributed by atoms with E-state index in [1.807, 2.05) is 61.1 Å². The molecule has 3 nitrogen and oxygen atoms in total. The minimum atomic E-state index is 0. The maximum Gasteiger partial charge on any atom is 3.00 e. The second-order valence-corrected chi connectivity index (χ2v) is 21.6. The van der Waals surface area contributed by atoms with Gasteiger partial charge >= 0.3 is 20.1 Å². The van der Waals surface area contributed by atoms with Crippen molar-refractivity contribution in [2.24, 2.45) is 0 Å². The standard InChI is InChI=1S/C83H56N3.Ir/c1-57-48-83(86-56-80(57)62-30-12-5-13-31-62)66-42-45-76(79(55-66)61-28-10-4-11-29-61)73-37-19-17-35-71(73)68-51-58(49-63-32-14-15-33-69(63)74-43-40-64(81-38-20-22-46-84-81)53-77(74)59-24-6-2-7-25-59)50-67(52-68)70-34-16-18-36-72(70)75-44-41-65(82-39-21-23-47-85-82)54-78(75)60-26-8-3-9-27-60;/h2-39,43-48,50-56H,49H2,1H3;/q-3;+3. The molecule has 0 aliphatic heterocycles. The fourth-order valence-corrected chi connectivity index (χ4v) is 12.0. The molecule has 14 aromatic rings. The molecule has 0 aliphatic rings. The zero-order valence-corrected chi connectivity index (χ0v) is 50.2. The summed E-state index contributed by atoms with van der Waals surface area (Å²) in [5.41, 5.74) is 29.1. The Bertz CT molecular complexity index is 4700. The minimum absolute atomic E-state index is 0. The van der Waals surface area contributed by atoms with Crippen LogP contribution in [-0.2, 0) is 26.5 Å². The summed E-state index contributed by atoms with van der Waals surface area (Å²) in [4.78, 5) is 14.5. The number of benzene rings is 11. The molecule has 0 amide bonds. The molecule has 0 atom stereocenters. The summed E-state index contributed by atoms with van der Waals surface area (Å²) in [6.07, 6.45) is 6.34. The van der Waals surface area contributed by atoms with Crippen molar-refractivity contribution in [2.45, 2.75) is 13.3 Å². The predicted octanol–water partition coefficient (Wildman–Crippen LogP) is 21.2. The van der Waals surface area contributed by atoms with Gasteiger partial charge in [-0.15, -0.1) is 71.3 Å². The number of aryl methyl sites for hydroxylation is 1. The first-order valence-electron chi connectivity index (χ1n) is 29.2. The van der Waals surface area contributed by atoms with Crippen molar-refractivity contribution >= 4 is 0 Å². The monoisotopic (exact) mass is 1290 g/mol. The number of nitrogens with zero attached hydrogens (tertiary/aromatic N) is 3. The van der Waals surface area contributed by atoms with Crippen LogP contribution in [0.4, 0.5) is 0 Å². The van der Waals surface area contributed by atoms with Gasteiger partial charge in [0, 0.05) is 24.2 Å². The third-order valence-corrected chi connectivity index (χ3v) is 16.2. The van der Waals surface area contributed by atoms with Crippen LogP contribution in [0.3, 0.4) is 0 Å². The number of rotatable bonds is 14. The van der Waals surface area contributed by atoms with Crippen LogP contribution in [0.15, 0.2) is 310 Å². The van der Waals surface area contributed by atoms with Crippen molar-refractivity contribution in [3.05, 3.63) is 345 Å². The molecule has 0 spiro atoms. The molecule has 14 rings (SSSR count). The van der Waals surface area contributed by atoms with E-state index in [-0.39, 0.29) is 20.1 Å². The molecule has 3 aromatic heterocycles. The van der Waals surface area contributed by atoms with Crippen molar-refractivity contribution in [1.82, 2.24) is 15.0 Å². The number of aromatic nitrogens is 3. The van der Waals surface area contributed by atoms with Crippen LogP contribution in [0, 0.1) is 25.1 Å². The number of hydrogen-bond donors (Lipinski definition) is 0. The first-order chi connectivity index (χ1) is 42.6. The second kappa shape index (κ2) is 25.4. The van der Waals surface area contributed by atoms with E-state index in [9.17, 15) is 0 Å². The molecule has 0 N–H and O–H groups in total. The van der Waals surface area contributed by atoms with Crippen molar-refractivity contribution in [3.63, 3.8) is 0 Å². The van der Waals surface area contributed by atoms with Crippen molar-refractivity contribution in [1.29, 1.82) is 0 Å². The van der Waals surface area contributed by atoms with E-state index in [0.29, 0.717) is 6.42 Å². The summed E-state index contributed by atoms with van der Waals surface area (Å²) in [5, 5.41) is 0. The van der Waals surface area contributed by atoms with Crippen LogP contribution < -0.4 is 0 Å². The normalized spacial score (nSPS) is 11.0. The number of pyridine rings is 3. The average Bonchev–Trinajstić information content (AvgIpc) is 2.11. The molecule has 11 aromatic carbocycles. The summed E-state index contributed by atoms with van der Waals surface area (Å²) in [6, 6.07) is 115. The third kappa shape index (κ3) is 11.7. The zero-order chi connectivity index (χ0) is 57.6. The quantitative estimate of drug-likeness (QED) is 0.102. The third-order valence-electron chi connectivity index (χ3n) is 16.2. The predicted molar refractivity (Wildman–Crippen MR) is 356 cm³/mol. The van der Waals surface area contributed by atoms with Crippen molar-refractivity contribution < 1.29 is 20.1 Å². The fourth-order valence-electron chi connectivity index (χ4n) is 12.0. The maximum atomic E-state index is 5.06. The Morgan fingerprint density at radius 2 is 0.644 bits per heavy atom. The topological polar surface area (TPSA) is 38.7 Å². The molecule has 4 heteroatoms. The van der Waals surface area contributed by atoms with E-state index in [1.54, 1.807) is 0 Å². The molecule has 0 radical (unpaired) electrons. The van der Waals surface area contributed by atoms with E-state index >= 15 is 0 Å². The summed E-state index contributed by atoms with van der Waals surface area (Å²) in [5.74, 6) is 0. The van der Waals surface area contributed by atoms with Crippen molar-refractivity contribution in [3.8, 4) is 134 Å². The molecule has 0 saturated carbocycles. The molecular weight excluding hydrogens is 1230 g/mol. The van der Waals surface area contributed by atoms with Gasteiger partial charge in [-0.2, -0.15) is 0 Å². The van der Waals surface area contributed by atoms with Gasteiger partial charge in [-0.05, 0) is 110 Å². The van der Waals surface area contributed by atoms with E-state index < -0.39 is 0 Å². The van der Waals surface area contributed by atoms with Gasteiger partial charge in [-0.1, -0.05) is 287 Å². The van der Waals surface area contributed by atoms with Crippen LogP contribution in [0.1, 0.15) is 16.7 Å². The van der Waals surface area contributed by atoms with Gasteiger partial charge in [0.2, 0.25) is 0 Å². The van der Waals surface area contributed by atoms with Gasteiger partial charge in [-0.3, -0.25) is 0 Å². The summed E-state index contributed by atoms with van der Waals surface area (Å²) in [7, 11) is 0. The van der Waals surface area contributed by atoms with E-state index in [1.165, 1.54) is 11.1 Å². The number of hydrogen-bond acceptors (Lipinski definition) is 3. The molecule has 87 heavy (non-hydrogen) atoms. The second-order valence-electron chi connectivity index (χ2n) is 21.6. The van der Waals surface area contributed by atoms with Gasteiger partial charge < -0.3 is 15.0 Å².